The van der Waals surface area contributed by atoms with Crippen LogP contribution in [0.15, 0.2) is 30.7 Å². The Morgan fingerprint density at radius 2 is 1.81 bits per heavy atom. The number of hydrogen-bond donors (Lipinski definition) is 1. The number of hydrogen-bond acceptors (Lipinski definition) is 8. The number of rotatable bonds is 4. The first kappa shape index (κ1) is 21.2. The van der Waals surface area contributed by atoms with Crippen molar-refractivity contribution in [2.75, 3.05) is 56.5 Å². The summed E-state index contributed by atoms with van der Waals surface area (Å²) in [7, 11) is 2.19. The van der Waals surface area contributed by atoms with Crippen LogP contribution in [0.3, 0.4) is 0 Å². The molecule has 2 aliphatic rings. The second-order valence-electron chi connectivity index (χ2n) is 8.44. The second-order valence-corrected chi connectivity index (χ2v) is 8.85. The molecule has 1 N–H and O–H groups in total. The Morgan fingerprint density at radius 1 is 1.03 bits per heavy atom. The van der Waals surface area contributed by atoms with Crippen molar-refractivity contribution in [3.05, 3.63) is 41.6 Å². The lowest BCUT2D eigenvalue weighted by molar-refractivity contribution is 0.0980. The lowest BCUT2D eigenvalue weighted by Crippen LogP contribution is -2.52. The van der Waals surface area contributed by atoms with Crippen molar-refractivity contribution < 1.29 is 4.39 Å². The number of nitrogens with one attached hydrogen (secondary N) is 1. The van der Waals surface area contributed by atoms with Gasteiger partial charge in [-0.1, -0.05) is 11.6 Å². The molecular formula is C22H26ClFN8. The van der Waals surface area contributed by atoms with Crippen molar-refractivity contribution in [3.63, 3.8) is 0 Å². The fourth-order valence-corrected chi connectivity index (χ4v) is 4.60. The highest BCUT2D eigenvalue weighted by atomic mass is 35.5. The van der Waals surface area contributed by atoms with Crippen LogP contribution in [0.4, 0.5) is 21.8 Å². The van der Waals surface area contributed by atoms with Crippen LogP contribution >= 0.6 is 11.6 Å². The summed E-state index contributed by atoms with van der Waals surface area (Å²) in [6, 6.07) is 5.08. The highest BCUT2D eigenvalue weighted by Crippen LogP contribution is 2.27. The van der Waals surface area contributed by atoms with E-state index in [1.165, 1.54) is 18.5 Å². The summed E-state index contributed by atoms with van der Waals surface area (Å²) in [6.45, 7) is 6.47. The molecule has 0 aliphatic carbocycles. The van der Waals surface area contributed by atoms with E-state index >= 15 is 0 Å². The molecule has 0 spiro atoms. The number of nitrogens with zero attached hydrogens (tertiary/aromatic N) is 7. The fraction of sp³-hybridized carbons (Fsp3) is 0.455. The quantitative estimate of drug-likeness (QED) is 0.641. The zero-order valence-corrected chi connectivity index (χ0v) is 18.8. The standard InChI is InChI=1S/C22H26ClFN8/c1-30-8-10-31(11-9-30)16-4-6-32(7-5-16)22-25-13-17-20(26-14-27-21(17)29-22)28-15-2-3-19(24)18(23)12-15/h2-3,12-14,16H,4-11H2,1H3,(H,25,26,27,28,29). The summed E-state index contributed by atoms with van der Waals surface area (Å²) < 4.78 is 13.4. The van der Waals surface area contributed by atoms with Gasteiger partial charge in [-0.25, -0.2) is 19.3 Å². The third-order valence-electron chi connectivity index (χ3n) is 6.36. The first-order chi connectivity index (χ1) is 15.6. The summed E-state index contributed by atoms with van der Waals surface area (Å²) in [6.07, 6.45) is 5.45. The van der Waals surface area contributed by atoms with Gasteiger partial charge in [-0.15, -0.1) is 0 Å². The summed E-state index contributed by atoms with van der Waals surface area (Å²) in [5, 5.41) is 3.90. The molecule has 2 fully saturated rings. The molecule has 0 atom stereocenters. The first-order valence-corrected chi connectivity index (χ1v) is 11.3. The van der Waals surface area contributed by atoms with Crippen LogP contribution in [0.25, 0.3) is 11.0 Å². The summed E-state index contributed by atoms with van der Waals surface area (Å²) in [4.78, 5) is 25.2. The van der Waals surface area contributed by atoms with Gasteiger partial charge in [0.1, 0.15) is 18.0 Å². The molecule has 2 aliphatic heterocycles. The maximum atomic E-state index is 13.4. The summed E-state index contributed by atoms with van der Waals surface area (Å²) >= 11 is 5.89. The van der Waals surface area contributed by atoms with E-state index in [4.69, 9.17) is 16.6 Å². The second kappa shape index (κ2) is 9.09. The number of anilines is 3. The molecule has 0 amide bonds. The zero-order valence-electron chi connectivity index (χ0n) is 18.0. The molecule has 1 aromatic carbocycles. The average Bonchev–Trinajstić information content (AvgIpc) is 2.82. The Balaban J connectivity index is 1.28. The smallest absolute Gasteiger partial charge is 0.227 e. The van der Waals surface area contributed by atoms with E-state index in [1.807, 2.05) is 0 Å². The van der Waals surface area contributed by atoms with Crippen molar-refractivity contribution in [1.29, 1.82) is 0 Å². The van der Waals surface area contributed by atoms with E-state index in [0.29, 0.717) is 34.5 Å². The Kier molecular flexibility index (Phi) is 6.03. The molecule has 10 heteroatoms. The molecule has 0 bridgehead atoms. The van der Waals surface area contributed by atoms with Crippen molar-refractivity contribution in [1.82, 2.24) is 29.7 Å². The number of likely N-dealkylation sites (N-methyl/N-ethyl adjacent to an activating group) is 1. The highest BCUT2D eigenvalue weighted by Gasteiger charge is 2.27. The van der Waals surface area contributed by atoms with Crippen molar-refractivity contribution in [2.24, 2.45) is 0 Å². The van der Waals surface area contributed by atoms with Gasteiger partial charge in [0.05, 0.1) is 10.4 Å². The van der Waals surface area contributed by atoms with E-state index < -0.39 is 5.82 Å². The maximum absolute atomic E-state index is 13.4. The molecule has 0 saturated carbocycles. The van der Waals surface area contributed by atoms with Crippen LogP contribution in [0.5, 0.6) is 0 Å². The Hall–Kier alpha value is -2.62. The SMILES string of the molecule is CN1CCN(C2CCN(c3ncc4c(Nc5ccc(F)c(Cl)c5)ncnc4n3)CC2)CC1. The van der Waals surface area contributed by atoms with Gasteiger partial charge in [-0.05, 0) is 38.1 Å². The maximum Gasteiger partial charge on any atom is 0.227 e. The van der Waals surface area contributed by atoms with Gasteiger partial charge in [0.15, 0.2) is 5.65 Å². The average molecular weight is 457 g/mol. The van der Waals surface area contributed by atoms with Crippen molar-refractivity contribution in [2.45, 2.75) is 18.9 Å². The van der Waals surface area contributed by atoms with E-state index in [-0.39, 0.29) is 5.02 Å². The summed E-state index contributed by atoms with van der Waals surface area (Å²) in [5.74, 6) is 0.788. The van der Waals surface area contributed by atoms with Crippen LogP contribution in [0.2, 0.25) is 5.02 Å². The minimum Gasteiger partial charge on any atom is -0.341 e. The van der Waals surface area contributed by atoms with Gasteiger partial charge in [0.2, 0.25) is 5.95 Å². The monoisotopic (exact) mass is 456 g/mol. The minimum atomic E-state index is -0.464. The number of piperazine rings is 1. The van der Waals surface area contributed by atoms with Gasteiger partial charge < -0.3 is 15.1 Å². The topological polar surface area (TPSA) is 73.3 Å². The predicted molar refractivity (Wildman–Crippen MR) is 124 cm³/mol. The van der Waals surface area contributed by atoms with Gasteiger partial charge >= 0.3 is 0 Å². The number of benzene rings is 1. The fourth-order valence-electron chi connectivity index (χ4n) is 4.42. The lowest BCUT2D eigenvalue weighted by atomic mass is 10.0. The minimum absolute atomic E-state index is 0.0480. The highest BCUT2D eigenvalue weighted by molar-refractivity contribution is 6.31. The number of piperidine rings is 1. The molecule has 0 unspecified atom stereocenters. The molecule has 2 saturated heterocycles. The molecule has 2 aromatic heterocycles. The molecule has 0 radical (unpaired) electrons. The third-order valence-corrected chi connectivity index (χ3v) is 6.65. The van der Waals surface area contributed by atoms with Crippen molar-refractivity contribution in [3.8, 4) is 0 Å². The van der Waals surface area contributed by atoms with E-state index in [9.17, 15) is 4.39 Å². The lowest BCUT2D eigenvalue weighted by Gasteiger charge is -2.42. The Labute approximate surface area is 191 Å². The molecule has 168 valence electrons. The molecule has 4 heterocycles. The van der Waals surface area contributed by atoms with Crippen LogP contribution in [0, 0.1) is 5.82 Å². The molecule has 8 nitrogen and oxygen atoms in total. The molecule has 3 aromatic rings. The van der Waals surface area contributed by atoms with Crippen LogP contribution in [-0.2, 0) is 0 Å². The number of aromatic nitrogens is 4. The summed E-state index contributed by atoms with van der Waals surface area (Å²) in [5.41, 5.74) is 1.20. The first-order valence-electron chi connectivity index (χ1n) is 10.9. The normalized spacial score (nSPS) is 18.9. The van der Waals surface area contributed by atoms with E-state index in [1.54, 1.807) is 12.3 Å². The van der Waals surface area contributed by atoms with Gasteiger partial charge in [-0.3, -0.25) is 4.90 Å². The number of halogens is 2. The van der Waals surface area contributed by atoms with Crippen LogP contribution in [-0.4, -0.2) is 82.1 Å². The Morgan fingerprint density at radius 3 is 2.56 bits per heavy atom. The largest absolute Gasteiger partial charge is 0.341 e. The Bertz CT molecular complexity index is 1100. The van der Waals surface area contributed by atoms with Gasteiger partial charge in [0.25, 0.3) is 0 Å². The third kappa shape index (κ3) is 4.46. The van der Waals surface area contributed by atoms with Crippen LogP contribution < -0.4 is 10.2 Å². The number of fused-ring (bicyclic) bond motifs is 1. The molecule has 5 rings (SSSR count). The van der Waals surface area contributed by atoms with Gasteiger partial charge in [0, 0.05) is 57.2 Å². The van der Waals surface area contributed by atoms with Gasteiger partial charge in [-0.2, -0.15) is 4.98 Å². The van der Waals surface area contributed by atoms with Crippen molar-refractivity contribution >= 4 is 40.1 Å². The zero-order chi connectivity index (χ0) is 22.1. The van der Waals surface area contributed by atoms with Crippen LogP contribution in [0.1, 0.15) is 12.8 Å². The molecular weight excluding hydrogens is 431 g/mol. The van der Waals surface area contributed by atoms with E-state index in [0.717, 1.165) is 52.1 Å². The predicted octanol–water partition coefficient (Wildman–Crippen LogP) is 3.17. The molecule has 32 heavy (non-hydrogen) atoms. The van der Waals surface area contributed by atoms with E-state index in [2.05, 4.69) is 42.0 Å².